The van der Waals surface area contributed by atoms with Crippen molar-refractivity contribution < 1.29 is 4.79 Å². The van der Waals surface area contributed by atoms with Gasteiger partial charge in [0.1, 0.15) is 15.5 Å². The average Bonchev–Trinajstić information content (AvgIpc) is 3.23. The smallest absolute Gasteiger partial charge is 0.263 e. The number of hydrogen-bond acceptors (Lipinski definition) is 7. The highest BCUT2D eigenvalue weighted by Crippen LogP contribution is 2.33. The van der Waals surface area contributed by atoms with Gasteiger partial charge < -0.3 is 21.7 Å². The number of pyridine rings is 2. The third-order valence-corrected chi connectivity index (χ3v) is 8.60. The van der Waals surface area contributed by atoms with Gasteiger partial charge in [0, 0.05) is 42.5 Å². The van der Waals surface area contributed by atoms with E-state index in [0.29, 0.717) is 22.5 Å². The fourth-order valence-corrected chi connectivity index (χ4v) is 5.87. The van der Waals surface area contributed by atoms with Crippen molar-refractivity contribution in [3.05, 3.63) is 46.1 Å². The standard InChI is InChI=1S/C28H40N6OS.C3H8/c1-5-28(3,4)13-6-15-34(16-14-29)23-12-8-19-17-20(9-11-22(19)33-23)32-26(35)25-24(30)21-10-7-18(2)31-27(21)36-25;1-3-2/h7-8,10,12,20H,5-6,9,11,13-17,29-30H2,1-4H3,(H,32,35);3H2,1-2H3. The monoisotopic (exact) mass is 552 g/mol. The van der Waals surface area contributed by atoms with Gasteiger partial charge in [-0.3, -0.25) is 4.79 Å². The zero-order valence-electron chi connectivity index (χ0n) is 24.8. The fourth-order valence-electron chi connectivity index (χ4n) is 4.83. The Morgan fingerprint density at radius 2 is 1.90 bits per heavy atom. The van der Waals surface area contributed by atoms with E-state index in [9.17, 15) is 4.79 Å². The highest BCUT2D eigenvalue weighted by atomic mass is 32.1. The second kappa shape index (κ2) is 14.1. The molecule has 0 aromatic carbocycles. The van der Waals surface area contributed by atoms with E-state index in [2.05, 4.69) is 62.0 Å². The normalized spacial score (nSPS) is 14.9. The molecule has 0 saturated carbocycles. The summed E-state index contributed by atoms with van der Waals surface area (Å²) in [6, 6.07) is 8.22. The first-order chi connectivity index (χ1) is 18.6. The summed E-state index contributed by atoms with van der Waals surface area (Å²) >= 11 is 1.36. The quantitative estimate of drug-likeness (QED) is 0.274. The lowest BCUT2D eigenvalue weighted by molar-refractivity contribution is 0.0938. The van der Waals surface area contributed by atoms with Crippen LogP contribution in [0.5, 0.6) is 0 Å². The van der Waals surface area contributed by atoms with Crippen LogP contribution in [0.15, 0.2) is 24.3 Å². The van der Waals surface area contributed by atoms with Crippen LogP contribution in [0.1, 0.15) is 93.3 Å². The predicted molar refractivity (Wildman–Crippen MR) is 167 cm³/mol. The molecule has 5 N–H and O–H groups in total. The fraction of sp³-hybridized carbons (Fsp3) is 0.581. The van der Waals surface area contributed by atoms with Crippen LogP contribution in [0.3, 0.4) is 0 Å². The Bertz CT molecular complexity index is 1240. The molecule has 1 unspecified atom stereocenters. The van der Waals surface area contributed by atoms with E-state index in [0.717, 1.165) is 66.2 Å². The van der Waals surface area contributed by atoms with Crippen molar-refractivity contribution in [2.24, 2.45) is 11.1 Å². The summed E-state index contributed by atoms with van der Waals surface area (Å²) in [4.78, 5) is 26.3. The van der Waals surface area contributed by atoms with Crippen molar-refractivity contribution in [2.75, 3.05) is 30.3 Å². The van der Waals surface area contributed by atoms with Crippen molar-refractivity contribution in [3.8, 4) is 0 Å². The molecular weight excluding hydrogens is 504 g/mol. The number of carbonyl (C=O) groups is 1. The minimum absolute atomic E-state index is 0.0633. The Kier molecular flexibility index (Phi) is 11.1. The van der Waals surface area contributed by atoms with Crippen LogP contribution in [0.25, 0.3) is 10.2 Å². The summed E-state index contributed by atoms with van der Waals surface area (Å²) in [6.45, 7) is 15.5. The van der Waals surface area contributed by atoms with Gasteiger partial charge in [-0.1, -0.05) is 53.5 Å². The highest BCUT2D eigenvalue weighted by Gasteiger charge is 2.25. The number of thiophene rings is 1. The molecule has 0 saturated heterocycles. The van der Waals surface area contributed by atoms with E-state index in [1.165, 1.54) is 36.2 Å². The Labute approximate surface area is 238 Å². The van der Waals surface area contributed by atoms with Crippen LogP contribution in [0, 0.1) is 12.3 Å². The minimum Gasteiger partial charge on any atom is -0.397 e. The molecule has 1 aliphatic rings. The molecule has 0 radical (unpaired) electrons. The topological polar surface area (TPSA) is 110 Å². The van der Waals surface area contributed by atoms with Gasteiger partial charge in [0.25, 0.3) is 5.91 Å². The van der Waals surface area contributed by atoms with Crippen LogP contribution in [0.2, 0.25) is 0 Å². The van der Waals surface area contributed by atoms with E-state index in [1.807, 2.05) is 19.1 Å². The number of anilines is 2. The van der Waals surface area contributed by atoms with E-state index in [1.54, 1.807) is 0 Å². The number of fused-ring (bicyclic) bond motifs is 2. The summed E-state index contributed by atoms with van der Waals surface area (Å²) in [5.41, 5.74) is 16.4. The molecule has 4 rings (SSSR count). The van der Waals surface area contributed by atoms with Crippen LogP contribution in [-0.4, -0.2) is 41.6 Å². The number of nitrogens with one attached hydrogen (secondary N) is 1. The molecule has 0 bridgehead atoms. The number of carbonyl (C=O) groups excluding carboxylic acids is 1. The average molecular weight is 553 g/mol. The molecule has 3 aromatic heterocycles. The Morgan fingerprint density at radius 1 is 1.15 bits per heavy atom. The SMILES string of the molecule is CCC.CCC(C)(C)CCCN(CCN)c1ccc2c(n1)CCC(NC(=O)c1sc3nc(C)ccc3c1N)C2. The molecule has 8 heteroatoms. The first-order valence-electron chi connectivity index (χ1n) is 14.5. The van der Waals surface area contributed by atoms with Crippen molar-refractivity contribution in [1.82, 2.24) is 15.3 Å². The zero-order chi connectivity index (χ0) is 28.6. The van der Waals surface area contributed by atoms with E-state index < -0.39 is 0 Å². The van der Waals surface area contributed by atoms with Gasteiger partial charge >= 0.3 is 0 Å². The van der Waals surface area contributed by atoms with Crippen molar-refractivity contribution in [2.45, 2.75) is 92.5 Å². The first kappa shape index (κ1) is 30.8. The maximum absolute atomic E-state index is 13.1. The van der Waals surface area contributed by atoms with Crippen LogP contribution in [0.4, 0.5) is 11.5 Å². The van der Waals surface area contributed by atoms with Crippen molar-refractivity contribution in [3.63, 3.8) is 0 Å². The zero-order valence-corrected chi connectivity index (χ0v) is 25.6. The lowest BCUT2D eigenvalue weighted by atomic mass is 9.85. The van der Waals surface area contributed by atoms with Gasteiger partial charge in [0.05, 0.1) is 5.69 Å². The van der Waals surface area contributed by atoms with E-state index in [4.69, 9.17) is 16.5 Å². The summed E-state index contributed by atoms with van der Waals surface area (Å²) in [6.07, 6.45) is 7.23. The molecule has 39 heavy (non-hydrogen) atoms. The molecule has 214 valence electrons. The summed E-state index contributed by atoms with van der Waals surface area (Å²) in [5, 5.41) is 4.06. The number of aromatic nitrogens is 2. The van der Waals surface area contributed by atoms with Crippen molar-refractivity contribution in [1.29, 1.82) is 0 Å². The number of nitrogen functional groups attached to an aromatic ring is 1. The van der Waals surface area contributed by atoms with Gasteiger partial charge in [-0.2, -0.15) is 0 Å². The lowest BCUT2D eigenvalue weighted by Crippen LogP contribution is -2.39. The first-order valence-corrected chi connectivity index (χ1v) is 15.3. The maximum Gasteiger partial charge on any atom is 0.263 e. The molecule has 3 aromatic rings. The molecule has 0 aliphatic heterocycles. The highest BCUT2D eigenvalue weighted by molar-refractivity contribution is 7.21. The van der Waals surface area contributed by atoms with Gasteiger partial charge in [-0.05, 0) is 68.2 Å². The van der Waals surface area contributed by atoms with Gasteiger partial charge in [0.2, 0.25) is 0 Å². The van der Waals surface area contributed by atoms with Crippen molar-refractivity contribution >= 4 is 39.0 Å². The molecular formula is C31H48N6OS. The summed E-state index contributed by atoms with van der Waals surface area (Å²) < 4.78 is 0. The predicted octanol–water partition coefficient (Wildman–Crippen LogP) is 6.27. The number of nitrogens with two attached hydrogens (primary N) is 2. The minimum atomic E-state index is -0.115. The number of hydrogen-bond donors (Lipinski definition) is 3. The molecule has 3 heterocycles. The number of nitrogens with zero attached hydrogens (tertiary/aromatic N) is 3. The van der Waals surface area contributed by atoms with Gasteiger partial charge in [-0.15, -0.1) is 11.3 Å². The van der Waals surface area contributed by atoms with E-state index >= 15 is 0 Å². The second-order valence-electron chi connectivity index (χ2n) is 11.4. The Morgan fingerprint density at radius 3 is 2.59 bits per heavy atom. The number of amides is 1. The van der Waals surface area contributed by atoms with Crippen LogP contribution < -0.4 is 21.7 Å². The van der Waals surface area contributed by atoms with Crippen LogP contribution in [-0.2, 0) is 12.8 Å². The molecule has 0 spiro atoms. The molecule has 1 atom stereocenters. The molecule has 7 nitrogen and oxygen atoms in total. The lowest BCUT2D eigenvalue weighted by Gasteiger charge is -2.29. The van der Waals surface area contributed by atoms with E-state index in [-0.39, 0.29) is 11.9 Å². The van der Waals surface area contributed by atoms with Gasteiger partial charge in [0.15, 0.2) is 0 Å². The number of rotatable bonds is 10. The third-order valence-electron chi connectivity index (χ3n) is 7.49. The largest absolute Gasteiger partial charge is 0.397 e. The summed E-state index contributed by atoms with van der Waals surface area (Å²) in [5.74, 6) is 0.895. The Balaban J connectivity index is 0.00000134. The number of aryl methyl sites for hydroxylation is 2. The third kappa shape index (κ3) is 8.15. The second-order valence-corrected chi connectivity index (χ2v) is 12.4. The molecule has 0 fully saturated rings. The molecule has 1 aliphatic carbocycles. The molecule has 1 amide bonds. The van der Waals surface area contributed by atoms with Gasteiger partial charge in [-0.25, -0.2) is 9.97 Å². The Hall–Kier alpha value is -2.71. The maximum atomic E-state index is 13.1. The summed E-state index contributed by atoms with van der Waals surface area (Å²) in [7, 11) is 0. The van der Waals surface area contributed by atoms with Crippen LogP contribution >= 0.6 is 11.3 Å².